The summed E-state index contributed by atoms with van der Waals surface area (Å²) in [5.41, 5.74) is 8.57. The molecule has 2 heterocycles. The fraction of sp³-hybridized carbons (Fsp3) is 0.457. The summed E-state index contributed by atoms with van der Waals surface area (Å²) in [6, 6.07) is 22.0. The quantitative estimate of drug-likeness (QED) is 0.0641. The Morgan fingerprint density at radius 2 is 1.00 bits per heavy atom. The maximum absolute atomic E-state index is 12.6. The Labute approximate surface area is 353 Å². The number of imide groups is 2. The Hall–Kier alpha value is -5.89. The van der Waals surface area contributed by atoms with E-state index >= 15 is 0 Å². The molecule has 60 heavy (non-hydrogen) atoms. The van der Waals surface area contributed by atoms with Crippen LogP contribution in [0.25, 0.3) is 0 Å². The van der Waals surface area contributed by atoms with Crippen molar-refractivity contribution < 1.29 is 38.3 Å². The molecule has 5 rings (SSSR count). The second-order valence-electron chi connectivity index (χ2n) is 15.0. The maximum atomic E-state index is 12.6. The van der Waals surface area contributed by atoms with Crippen molar-refractivity contribution >= 4 is 41.5 Å². The van der Waals surface area contributed by atoms with Gasteiger partial charge in [-0.15, -0.1) is 0 Å². The van der Waals surface area contributed by atoms with Crippen LogP contribution < -0.4 is 21.7 Å². The molecule has 14 nitrogen and oxygen atoms in total. The number of amides is 7. The summed E-state index contributed by atoms with van der Waals surface area (Å²) in [5.74, 6) is -1.26. The van der Waals surface area contributed by atoms with E-state index in [-0.39, 0.29) is 42.0 Å². The van der Waals surface area contributed by atoms with Gasteiger partial charge in [-0.05, 0) is 81.2 Å². The number of alkyl carbamates (subject to hydrolysis) is 1. The smallest absolute Gasteiger partial charge is 0.408 e. The molecule has 0 fully saturated rings. The average molecular weight is 825 g/mol. The normalized spacial score (nSPS) is 13.8. The number of nitrogens with two attached hydrogens (primary N) is 1. The van der Waals surface area contributed by atoms with Crippen LogP contribution in [0.2, 0.25) is 0 Å². The lowest BCUT2D eigenvalue weighted by Gasteiger charge is -2.18. The largest absolute Gasteiger partial charge is 0.445 e. The van der Waals surface area contributed by atoms with Gasteiger partial charge < -0.3 is 26.4 Å². The molecule has 0 saturated heterocycles. The SMILES string of the molecule is CCCCC(N)C(=O)NCCCCCN1C(=O)c2ccccc2C1=O.CCCCC(NC(=O)OCc1ccccc1)C(=O)NCCCCCN1C(=O)c2ccccc2C1=O. The molecular formula is C46H60N6O8. The molecule has 2 unspecified atom stereocenters. The number of rotatable bonds is 23. The van der Waals surface area contributed by atoms with E-state index in [0.717, 1.165) is 56.9 Å². The minimum Gasteiger partial charge on any atom is -0.445 e. The van der Waals surface area contributed by atoms with E-state index in [4.69, 9.17) is 10.5 Å². The maximum Gasteiger partial charge on any atom is 0.408 e. The highest BCUT2D eigenvalue weighted by atomic mass is 16.5. The Morgan fingerprint density at radius 1 is 0.567 bits per heavy atom. The zero-order chi connectivity index (χ0) is 43.3. The first kappa shape index (κ1) is 46.8. The number of benzene rings is 3. The molecule has 0 aromatic heterocycles. The molecule has 322 valence electrons. The molecule has 2 aliphatic rings. The second kappa shape index (κ2) is 24.9. The van der Waals surface area contributed by atoms with E-state index in [2.05, 4.69) is 22.9 Å². The van der Waals surface area contributed by atoms with Crippen LogP contribution in [-0.2, 0) is 20.9 Å². The summed E-state index contributed by atoms with van der Waals surface area (Å²) in [4.78, 5) is 88.4. The van der Waals surface area contributed by atoms with Gasteiger partial charge in [-0.2, -0.15) is 0 Å². The van der Waals surface area contributed by atoms with Gasteiger partial charge in [0.25, 0.3) is 23.6 Å². The van der Waals surface area contributed by atoms with Crippen LogP contribution in [0.3, 0.4) is 0 Å². The third kappa shape index (κ3) is 13.9. The third-order valence-electron chi connectivity index (χ3n) is 10.3. The van der Waals surface area contributed by atoms with E-state index in [9.17, 15) is 33.6 Å². The summed E-state index contributed by atoms with van der Waals surface area (Å²) < 4.78 is 5.25. The van der Waals surface area contributed by atoms with Crippen molar-refractivity contribution in [1.82, 2.24) is 25.8 Å². The molecule has 3 aromatic carbocycles. The van der Waals surface area contributed by atoms with E-state index in [1.54, 1.807) is 48.5 Å². The van der Waals surface area contributed by atoms with Crippen LogP contribution in [0.5, 0.6) is 0 Å². The van der Waals surface area contributed by atoms with Crippen LogP contribution in [0.15, 0.2) is 78.9 Å². The lowest BCUT2D eigenvalue weighted by molar-refractivity contribution is -0.123. The van der Waals surface area contributed by atoms with Gasteiger partial charge in [-0.1, -0.05) is 94.1 Å². The first-order valence-electron chi connectivity index (χ1n) is 21.3. The molecule has 0 radical (unpaired) electrons. The number of hydrogen-bond donors (Lipinski definition) is 4. The lowest BCUT2D eigenvalue weighted by Crippen LogP contribution is -2.47. The second-order valence-corrected chi connectivity index (χ2v) is 15.0. The number of carbonyl (C=O) groups is 7. The van der Waals surface area contributed by atoms with Gasteiger partial charge in [0, 0.05) is 26.2 Å². The highest BCUT2D eigenvalue weighted by Crippen LogP contribution is 2.24. The van der Waals surface area contributed by atoms with E-state index < -0.39 is 18.2 Å². The van der Waals surface area contributed by atoms with Crippen molar-refractivity contribution in [3.8, 4) is 0 Å². The summed E-state index contributed by atoms with van der Waals surface area (Å²) in [6.07, 6.45) is 8.78. The van der Waals surface area contributed by atoms with E-state index in [1.807, 2.05) is 37.3 Å². The molecule has 0 spiro atoms. The summed E-state index contributed by atoms with van der Waals surface area (Å²) in [6.45, 7) is 6.02. The molecule has 0 aliphatic carbocycles. The first-order valence-corrected chi connectivity index (χ1v) is 21.3. The monoisotopic (exact) mass is 824 g/mol. The Balaban J connectivity index is 0.000000280. The van der Waals surface area contributed by atoms with Crippen molar-refractivity contribution in [2.75, 3.05) is 26.2 Å². The first-order chi connectivity index (χ1) is 29.1. The van der Waals surface area contributed by atoms with Crippen LogP contribution in [0.4, 0.5) is 4.79 Å². The molecule has 3 aromatic rings. The molecule has 0 saturated carbocycles. The van der Waals surface area contributed by atoms with Crippen molar-refractivity contribution in [2.24, 2.45) is 5.73 Å². The number of unbranched alkanes of at least 4 members (excludes halogenated alkanes) is 6. The fourth-order valence-corrected chi connectivity index (χ4v) is 6.84. The van der Waals surface area contributed by atoms with Crippen molar-refractivity contribution in [2.45, 2.75) is 110 Å². The van der Waals surface area contributed by atoms with Crippen LogP contribution >= 0.6 is 0 Å². The molecule has 14 heteroatoms. The Morgan fingerprint density at radius 3 is 1.47 bits per heavy atom. The number of fused-ring (bicyclic) bond motifs is 2. The standard InChI is InChI=1S/C27H33N3O5.C19H27N3O3/c1-2-3-16-23(29-27(34)35-19-20-12-6-4-7-13-20)24(31)28-17-10-5-11-18-30-25(32)21-14-8-9-15-22(21)26(30)33;1-2-3-11-16(20)17(23)21-12-7-4-8-13-22-18(24)14-9-5-6-10-15(14)19(22)25/h4,6-9,12-15,23H,2-3,5,10-11,16-19H2,1H3,(H,28,31)(H,29,34);5-6,9-10,16H,2-4,7-8,11-13,20H2,1H3,(H,21,23). The molecule has 5 N–H and O–H groups in total. The van der Waals surface area contributed by atoms with Gasteiger partial charge in [0.2, 0.25) is 11.8 Å². The van der Waals surface area contributed by atoms with Crippen LogP contribution in [0, 0.1) is 0 Å². The van der Waals surface area contributed by atoms with Crippen LogP contribution in [0.1, 0.15) is 138 Å². The predicted molar refractivity (Wildman–Crippen MR) is 228 cm³/mol. The van der Waals surface area contributed by atoms with Gasteiger partial charge in [0.05, 0.1) is 28.3 Å². The lowest BCUT2D eigenvalue weighted by atomic mass is 10.1. The van der Waals surface area contributed by atoms with E-state index in [1.165, 1.54) is 9.80 Å². The molecular weight excluding hydrogens is 765 g/mol. The number of carbonyl (C=O) groups excluding carboxylic acids is 7. The number of nitrogens with one attached hydrogen (secondary N) is 3. The zero-order valence-corrected chi connectivity index (χ0v) is 34.9. The minimum absolute atomic E-state index is 0.103. The predicted octanol–water partition coefficient (Wildman–Crippen LogP) is 6.14. The number of ether oxygens (including phenoxy) is 1. The van der Waals surface area contributed by atoms with E-state index in [0.29, 0.717) is 74.1 Å². The highest BCUT2D eigenvalue weighted by Gasteiger charge is 2.35. The Kier molecular flexibility index (Phi) is 19.4. The molecule has 0 bridgehead atoms. The molecule has 7 amide bonds. The molecule has 2 atom stereocenters. The van der Waals surface area contributed by atoms with Gasteiger partial charge >= 0.3 is 6.09 Å². The van der Waals surface area contributed by atoms with Gasteiger partial charge in [-0.25, -0.2) is 4.79 Å². The minimum atomic E-state index is -0.656. The van der Waals surface area contributed by atoms with Gasteiger partial charge in [-0.3, -0.25) is 38.6 Å². The van der Waals surface area contributed by atoms with Crippen molar-refractivity contribution in [3.05, 3.63) is 107 Å². The Bertz CT molecular complexity index is 1850. The summed E-state index contributed by atoms with van der Waals surface area (Å²) >= 11 is 0. The summed E-state index contributed by atoms with van der Waals surface area (Å²) in [7, 11) is 0. The highest BCUT2D eigenvalue weighted by molar-refractivity contribution is 6.22. The fourth-order valence-electron chi connectivity index (χ4n) is 6.84. The zero-order valence-electron chi connectivity index (χ0n) is 34.9. The van der Waals surface area contributed by atoms with Gasteiger partial charge in [0.1, 0.15) is 12.6 Å². The van der Waals surface area contributed by atoms with Crippen molar-refractivity contribution in [3.63, 3.8) is 0 Å². The number of hydrogen-bond acceptors (Lipinski definition) is 9. The number of nitrogens with zero attached hydrogens (tertiary/aromatic N) is 2. The van der Waals surface area contributed by atoms with Crippen LogP contribution in [-0.4, -0.2) is 89.6 Å². The molecule has 2 aliphatic heterocycles. The third-order valence-corrected chi connectivity index (χ3v) is 10.3. The summed E-state index contributed by atoms with van der Waals surface area (Å²) in [5, 5.41) is 8.39. The van der Waals surface area contributed by atoms with Gasteiger partial charge in [0.15, 0.2) is 0 Å². The topological polar surface area (TPSA) is 197 Å². The van der Waals surface area contributed by atoms with Crippen molar-refractivity contribution in [1.29, 1.82) is 0 Å². The average Bonchev–Trinajstić information content (AvgIpc) is 3.66.